The number of rotatable bonds is 4. The molecule has 0 aliphatic rings. The molecule has 0 saturated carbocycles. The Hall–Kier alpha value is -3.22. The molecule has 1 aromatic carbocycles. The van der Waals surface area contributed by atoms with Gasteiger partial charge in [-0.05, 0) is 38.1 Å². The average Bonchev–Trinajstić information content (AvgIpc) is 2.95. The number of benzene rings is 1. The summed E-state index contributed by atoms with van der Waals surface area (Å²) in [5.41, 5.74) is 3.24. The van der Waals surface area contributed by atoms with E-state index in [-0.39, 0.29) is 11.7 Å². The third-order valence-electron chi connectivity index (χ3n) is 4.33. The van der Waals surface area contributed by atoms with Gasteiger partial charge in [0.2, 0.25) is 0 Å². The number of hydrogen-bond acceptors (Lipinski definition) is 5. The third-order valence-corrected chi connectivity index (χ3v) is 4.33. The molecule has 0 radical (unpaired) electrons. The van der Waals surface area contributed by atoms with Gasteiger partial charge in [0.25, 0.3) is 0 Å². The number of pyridine rings is 1. The number of nitrogens with one attached hydrogen (secondary N) is 2. The van der Waals surface area contributed by atoms with Crippen LogP contribution in [-0.4, -0.2) is 24.5 Å². The zero-order valence-corrected chi connectivity index (χ0v) is 14.0. The van der Waals surface area contributed by atoms with Gasteiger partial charge < -0.3 is 10.3 Å². The lowest BCUT2D eigenvalue weighted by atomic mass is 10.1. The molecule has 3 aromatic heterocycles. The van der Waals surface area contributed by atoms with Gasteiger partial charge in [0.1, 0.15) is 12.1 Å². The van der Waals surface area contributed by atoms with Crippen molar-refractivity contribution in [3.8, 4) is 0 Å². The van der Waals surface area contributed by atoms with Gasteiger partial charge in [-0.1, -0.05) is 6.07 Å². The Balaban J connectivity index is 1.82. The van der Waals surface area contributed by atoms with Gasteiger partial charge in [0.15, 0.2) is 0 Å². The number of hydrogen-bond donors (Lipinski definition) is 2. The summed E-state index contributed by atoms with van der Waals surface area (Å²) in [6, 6.07) is 9.66. The number of aromatic nitrogens is 5. The second-order valence-electron chi connectivity index (χ2n) is 5.90. The van der Waals surface area contributed by atoms with Crippen molar-refractivity contribution in [3.63, 3.8) is 0 Å². The molecule has 0 amide bonds. The number of H-pyrrole nitrogens is 1. The van der Waals surface area contributed by atoms with Gasteiger partial charge in [-0.25, -0.2) is 14.8 Å². The molecule has 0 bridgehead atoms. The Morgan fingerprint density at radius 2 is 2.12 bits per heavy atom. The van der Waals surface area contributed by atoms with Crippen LogP contribution in [0.3, 0.4) is 0 Å². The van der Waals surface area contributed by atoms with E-state index in [1.165, 1.54) is 6.33 Å². The Bertz CT molecular complexity index is 1100. The normalized spacial score (nSPS) is 12.6. The van der Waals surface area contributed by atoms with Crippen molar-refractivity contribution in [2.75, 3.05) is 5.32 Å². The van der Waals surface area contributed by atoms with Crippen LogP contribution < -0.4 is 11.0 Å². The molecule has 1 unspecified atom stereocenters. The molecule has 2 N–H and O–H groups in total. The van der Waals surface area contributed by atoms with E-state index in [9.17, 15) is 4.79 Å². The number of nitrogens with zero attached hydrogens (tertiary/aromatic N) is 4. The molecule has 4 aromatic rings. The van der Waals surface area contributed by atoms with Crippen molar-refractivity contribution in [2.45, 2.75) is 26.4 Å². The molecule has 0 aliphatic carbocycles. The SMILES string of the molecule is CCn1c(=O)[nH]c2cc3c(NC(C)c4ccccn4)ncnc3cc21. The van der Waals surface area contributed by atoms with E-state index in [1.54, 1.807) is 10.8 Å². The summed E-state index contributed by atoms with van der Waals surface area (Å²) in [6.45, 7) is 4.59. The fraction of sp³-hybridized carbons (Fsp3) is 0.222. The van der Waals surface area contributed by atoms with Crippen molar-refractivity contribution >= 4 is 27.8 Å². The molecule has 25 heavy (non-hydrogen) atoms. The molecule has 0 fully saturated rings. The van der Waals surface area contributed by atoms with Crippen molar-refractivity contribution in [1.82, 2.24) is 24.5 Å². The summed E-state index contributed by atoms with van der Waals surface area (Å²) in [5, 5.41) is 4.25. The highest BCUT2D eigenvalue weighted by Crippen LogP contribution is 2.26. The molecular weight excluding hydrogens is 316 g/mol. The van der Waals surface area contributed by atoms with Crippen LogP contribution in [0, 0.1) is 0 Å². The van der Waals surface area contributed by atoms with Gasteiger partial charge in [-0.2, -0.15) is 0 Å². The van der Waals surface area contributed by atoms with E-state index < -0.39 is 0 Å². The van der Waals surface area contributed by atoms with E-state index >= 15 is 0 Å². The Kier molecular flexibility index (Phi) is 3.68. The van der Waals surface area contributed by atoms with Crippen molar-refractivity contribution in [3.05, 3.63) is 59.0 Å². The summed E-state index contributed by atoms with van der Waals surface area (Å²) in [4.78, 5) is 28.1. The number of aromatic amines is 1. The topological polar surface area (TPSA) is 88.5 Å². The van der Waals surface area contributed by atoms with E-state index in [4.69, 9.17) is 0 Å². The molecular formula is C18H18N6O. The van der Waals surface area contributed by atoms with Gasteiger partial charge in [0, 0.05) is 18.1 Å². The second kappa shape index (κ2) is 6.01. The monoisotopic (exact) mass is 334 g/mol. The first-order valence-electron chi connectivity index (χ1n) is 8.22. The molecule has 126 valence electrons. The minimum Gasteiger partial charge on any atom is -0.361 e. The highest BCUT2D eigenvalue weighted by atomic mass is 16.1. The zero-order chi connectivity index (χ0) is 17.4. The lowest BCUT2D eigenvalue weighted by Crippen LogP contribution is -2.14. The van der Waals surface area contributed by atoms with Gasteiger partial charge in [-0.3, -0.25) is 9.55 Å². The lowest BCUT2D eigenvalue weighted by Gasteiger charge is -2.15. The molecule has 7 nitrogen and oxygen atoms in total. The third kappa shape index (κ3) is 2.63. The van der Waals surface area contributed by atoms with Gasteiger partial charge in [0.05, 0.1) is 28.3 Å². The van der Waals surface area contributed by atoms with Crippen LogP contribution in [0.25, 0.3) is 21.9 Å². The Labute approximate surface area is 143 Å². The lowest BCUT2D eigenvalue weighted by molar-refractivity contribution is 0.753. The molecule has 1 atom stereocenters. The Morgan fingerprint density at radius 1 is 1.24 bits per heavy atom. The van der Waals surface area contributed by atoms with E-state index in [2.05, 4.69) is 25.3 Å². The highest BCUT2D eigenvalue weighted by Gasteiger charge is 2.13. The van der Waals surface area contributed by atoms with Gasteiger partial charge in [-0.15, -0.1) is 0 Å². The fourth-order valence-electron chi connectivity index (χ4n) is 3.05. The predicted molar refractivity (Wildman–Crippen MR) is 97.6 cm³/mol. The van der Waals surface area contributed by atoms with Crippen molar-refractivity contribution in [2.24, 2.45) is 0 Å². The molecule has 0 spiro atoms. The Morgan fingerprint density at radius 3 is 2.88 bits per heavy atom. The van der Waals surface area contributed by atoms with Crippen LogP contribution in [0.5, 0.6) is 0 Å². The van der Waals surface area contributed by atoms with E-state index in [0.29, 0.717) is 6.54 Å². The smallest absolute Gasteiger partial charge is 0.326 e. The van der Waals surface area contributed by atoms with Gasteiger partial charge >= 0.3 is 5.69 Å². The van der Waals surface area contributed by atoms with Crippen LogP contribution in [0.15, 0.2) is 47.7 Å². The summed E-state index contributed by atoms with van der Waals surface area (Å²) in [6.07, 6.45) is 3.30. The maximum absolute atomic E-state index is 12.0. The average molecular weight is 334 g/mol. The molecule has 0 aliphatic heterocycles. The van der Waals surface area contributed by atoms with E-state index in [0.717, 1.165) is 33.4 Å². The zero-order valence-electron chi connectivity index (χ0n) is 14.0. The maximum atomic E-state index is 12.0. The van der Waals surface area contributed by atoms with Crippen LogP contribution in [0.2, 0.25) is 0 Å². The fourth-order valence-corrected chi connectivity index (χ4v) is 3.05. The molecule has 3 heterocycles. The second-order valence-corrected chi connectivity index (χ2v) is 5.90. The summed E-state index contributed by atoms with van der Waals surface area (Å²) in [5.74, 6) is 0.718. The number of anilines is 1. The number of imidazole rings is 1. The van der Waals surface area contributed by atoms with Crippen LogP contribution in [-0.2, 0) is 6.54 Å². The maximum Gasteiger partial charge on any atom is 0.326 e. The van der Waals surface area contributed by atoms with E-state index in [1.807, 2.05) is 44.2 Å². The summed E-state index contributed by atoms with van der Waals surface area (Å²) in [7, 11) is 0. The minimum atomic E-state index is -0.114. The number of aryl methyl sites for hydroxylation is 1. The summed E-state index contributed by atoms with van der Waals surface area (Å²) >= 11 is 0. The first-order chi connectivity index (χ1) is 12.2. The van der Waals surface area contributed by atoms with Crippen LogP contribution in [0.1, 0.15) is 25.6 Å². The van der Waals surface area contributed by atoms with Crippen LogP contribution >= 0.6 is 0 Å². The standard InChI is InChI=1S/C18H18N6O/c1-3-24-16-9-14-12(8-15(16)23-18(24)25)17(21-10-20-14)22-11(2)13-6-4-5-7-19-13/h4-11H,3H2,1-2H3,(H,23,25)(H,20,21,22). The van der Waals surface area contributed by atoms with Crippen LogP contribution in [0.4, 0.5) is 5.82 Å². The minimum absolute atomic E-state index is 0.00529. The highest BCUT2D eigenvalue weighted by molar-refractivity contribution is 5.98. The first kappa shape index (κ1) is 15.3. The molecule has 7 heteroatoms. The largest absolute Gasteiger partial charge is 0.361 e. The van der Waals surface area contributed by atoms with Crippen molar-refractivity contribution in [1.29, 1.82) is 0 Å². The quantitative estimate of drug-likeness (QED) is 0.599. The number of fused-ring (bicyclic) bond motifs is 2. The summed E-state index contributed by atoms with van der Waals surface area (Å²) < 4.78 is 1.69. The predicted octanol–water partition coefficient (Wildman–Crippen LogP) is 2.86. The first-order valence-corrected chi connectivity index (χ1v) is 8.22. The molecule has 4 rings (SSSR count). The molecule has 0 saturated heterocycles. The van der Waals surface area contributed by atoms with Crippen molar-refractivity contribution < 1.29 is 0 Å².